The summed E-state index contributed by atoms with van der Waals surface area (Å²) in [7, 11) is 0. The lowest BCUT2D eigenvalue weighted by molar-refractivity contribution is 0.0582. The van der Waals surface area contributed by atoms with E-state index in [1.165, 1.54) is 0 Å². The molecule has 0 saturated carbocycles. The van der Waals surface area contributed by atoms with Crippen molar-refractivity contribution in [1.82, 2.24) is 14.9 Å². The van der Waals surface area contributed by atoms with E-state index in [0.717, 1.165) is 0 Å². The third kappa shape index (κ3) is 3.46. The fourth-order valence-corrected chi connectivity index (χ4v) is 2.56. The summed E-state index contributed by atoms with van der Waals surface area (Å²) in [6, 6.07) is 10.8. The van der Waals surface area contributed by atoms with Gasteiger partial charge in [0.05, 0.1) is 0 Å². The summed E-state index contributed by atoms with van der Waals surface area (Å²) in [4.78, 5) is 22.3. The fraction of sp³-hybridized carbons (Fsp3) is 0.294. The van der Waals surface area contributed by atoms with Crippen molar-refractivity contribution in [3.63, 3.8) is 0 Å². The van der Waals surface area contributed by atoms with E-state index < -0.39 is 0 Å². The Morgan fingerprint density at radius 1 is 1.17 bits per heavy atom. The number of carbonyl (C=O) groups excluding carboxylic acids is 1. The van der Waals surface area contributed by atoms with Crippen molar-refractivity contribution in [2.45, 2.75) is 18.9 Å². The highest BCUT2D eigenvalue weighted by atomic mass is 16.5. The Hall–Kier alpha value is -2.94. The lowest BCUT2D eigenvalue weighted by atomic mass is 10.1. The molecule has 2 aromatic rings. The van der Waals surface area contributed by atoms with Gasteiger partial charge in [0.1, 0.15) is 23.4 Å². The van der Waals surface area contributed by atoms with Gasteiger partial charge in [0.2, 0.25) is 5.88 Å². The van der Waals surface area contributed by atoms with Gasteiger partial charge >= 0.3 is 0 Å². The van der Waals surface area contributed by atoms with E-state index in [1.807, 2.05) is 0 Å². The first-order valence-electron chi connectivity index (χ1n) is 7.50. The smallest absolute Gasteiger partial charge is 0.272 e. The zero-order chi connectivity index (χ0) is 16.1. The first kappa shape index (κ1) is 15.0. The van der Waals surface area contributed by atoms with Crippen molar-refractivity contribution in [3.05, 3.63) is 54.0 Å². The maximum absolute atomic E-state index is 12.3. The minimum Gasteiger partial charge on any atom is -0.473 e. The molecule has 23 heavy (non-hydrogen) atoms. The summed E-state index contributed by atoms with van der Waals surface area (Å²) in [6.07, 6.45) is 4.61. The summed E-state index contributed by atoms with van der Waals surface area (Å²) in [5.74, 6) is 0.309. The number of likely N-dealkylation sites (tertiary alicyclic amines) is 1. The van der Waals surface area contributed by atoms with Crippen LogP contribution in [0.4, 0.5) is 0 Å². The van der Waals surface area contributed by atoms with Crippen LogP contribution in [-0.4, -0.2) is 40.0 Å². The van der Waals surface area contributed by atoms with Crippen LogP contribution in [0.2, 0.25) is 0 Å². The summed E-state index contributed by atoms with van der Waals surface area (Å²) < 4.78 is 5.82. The molecule has 1 saturated heterocycles. The van der Waals surface area contributed by atoms with Crippen LogP contribution in [0.1, 0.15) is 28.9 Å². The maximum atomic E-state index is 12.3. The van der Waals surface area contributed by atoms with Crippen molar-refractivity contribution in [3.8, 4) is 11.9 Å². The van der Waals surface area contributed by atoms with Gasteiger partial charge in [-0.2, -0.15) is 5.26 Å². The Kier molecular flexibility index (Phi) is 4.48. The van der Waals surface area contributed by atoms with Gasteiger partial charge in [-0.3, -0.25) is 9.78 Å². The number of aromatic nitrogens is 2. The number of amides is 1. The Labute approximate surface area is 134 Å². The second-order valence-electron chi connectivity index (χ2n) is 5.29. The van der Waals surface area contributed by atoms with Gasteiger partial charge in [-0.15, -0.1) is 0 Å². The highest BCUT2D eigenvalue weighted by molar-refractivity contribution is 5.92. The molecular formula is C17H16N4O2. The van der Waals surface area contributed by atoms with Crippen molar-refractivity contribution in [2.24, 2.45) is 0 Å². The average molecular weight is 308 g/mol. The van der Waals surface area contributed by atoms with Crippen LogP contribution >= 0.6 is 0 Å². The Balaban J connectivity index is 1.59. The molecule has 0 bridgehead atoms. The van der Waals surface area contributed by atoms with Crippen LogP contribution in [0.3, 0.4) is 0 Å². The van der Waals surface area contributed by atoms with Crippen LogP contribution in [0.5, 0.6) is 5.88 Å². The number of pyridine rings is 2. The van der Waals surface area contributed by atoms with Gasteiger partial charge in [0, 0.05) is 38.3 Å². The van der Waals surface area contributed by atoms with E-state index in [4.69, 9.17) is 10.00 Å². The standard InChI is InChI=1S/C17H16N4O2/c18-12-13-4-3-9-20-16(13)23-14-6-10-21(11-7-14)17(22)15-5-1-2-8-19-15/h1-5,8-9,14H,6-7,10-11H2. The highest BCUT2D eigenvalue weighted by Crippen LogP contribution is 2.20. The number of nitrogens with zero attached hydrogens (tertiary/aromatic N) is 4. The molecule has 2 aromatic heterocycles. The zero-order valence-corrected chi connectivity index (χ0v) is 12.6. The van der Waals surface area contributed by atoms with Crippen molar-refractivity contribution in [2.75, 3.05) is 13.1 Å². The van der Waals surface area contributed by atoms with E-state index >= 15 is 0 Å². The first-order valence-corrected chi connectivity index (χ1v) is 7.50. The Bertz CT molecular complexity index is 719. The molecule has 0 spiro atoms. The van der Waals surface area contributed by atoms with Crippen LogP contribution in [-0.2, 0) is 0 Å². The maximum Gasteiger partial charge on any atom is 0.272 e. The van der Waals surface area contributed by atoms with Crippen LogP contribution in [0, 0.1) is 11.3 Å². The Morgan fingerprint density at radius 3 is 2.65 bits per heavy atom. The van der Waals surface area contributed by atoms with E-state index in [2.05, 4.69) is 16.0 Å². The lowest BCUT2D eigenvalue weighted by Crippen LogP contribution is -2.42. The number of carbonyl (C=O) groups is 1. The highest BCUT2D eigenvalue weighted by Gasteiger charge is 2.25. The normalized spacial score (nSPS) is 15.0. The summed E-state index contributed by atoms with van der Waals surface area (Å²) in [6.45, 7) is 1.21. The Morgan fingerprint density at radius 2 is 1.96 bits per heavy atom. The number of rotatable bonds is 3. The molecule has 1 amide bonds. The average Bonchev–Trinajstić information content (AvgIpc) is 2.63. The molecule has 3 rings (SSSR count). The van der Waals surface area contributed by atoms with Gasteiger partial charge in [0.15, 0.2) is 0 Å². The lowest BCUT2D eigenvalue weighted by Gasteiger charge is -2.31. The molecule has 116 valence electrons. The molecule has 0 aliphatic carbocycles. The SMILES string of the molecule is N#Cc1cccnc1OC1CCN(C(=O)c2ccccn2)CC1. The number of ether oxygens (including phenoxy) is 1. The molecule has 3 heterocycles. The van der Waals surface area contributed by atoms with Gasteiger partial charge in [-0.1, -0.05) is 6.07 Å². The summed E-state index contributed by atoms with van der Waals surface area (Å²) >= 11 is 0. The van der Waals surface area contributed by atoms with Gasteiger partial charge < -0.3 is 9.64 Å². The predicted molar refractivity (Wildman–Crippen MR) is 82.7 cm³/mol. The van der Waals surface area contributed by atoms with Crippen molar-refractivity contribution in [1.29, 1.82) is 5.26 Å². The summed E-state index contributed by atoms with van der Waals surface area (Å²) in [5, 5.41) is 9.06. The number of hydrogen-bond acceptors (Lipinski definition) is 5. The zero-order valence-electron chi connectivity index (χ0n) is 12.6. The third-order valence-corrected chi connectivity index (χ3v) is 3.78. The quantitative estimate of drug-likeness (QED) is 0.867. The number of hydrogen-bond donors (Lipinski definition) is 0. The van der Waals surface area contributed by atoms with E-state index in [-0.39, 0.29) is 12.0 Å². The molecule has 0 unspecified atom stereocenters. The van der Waals surface area contributed by atoms with Crippen molar-refractivity contribution < 1.29 is 9.53 Å². The van der Waals surface area contributed by atoms with Gasteiger partial charge in [-0.25, -0.2) is 4.98 Å². The molecule has 0 aromatic carbocycles. The third-order valence-electron chi connectivity index (χ3n) is 3.78. The molecule has 6 nitrogen and oxygen atoms in total. The van der Waals surface area contributed by atoms with Crippen molar-refractivity contribution >= 4 is 5.91 Å². The van der Waals surface area contributed by atoms with Crippen LogP contribution < -0.4 is 4.74 Å². The molecule has 1 aliphatic heterocycles. The minimum absolute atomic E-state index is 0.0372. The van der Waals surface area contributed by atoms with Gasteiger partial charge in [0.25, 0.3) is 5.91 Å². The van der Waals surface area contributed by atoms with E-state index in [1.54, 1.807) is 47.6 Å². The molecule has 6 heteroatoms. The predicted octanol–water partition coefficient (Wildman–Crippen LogP) is 2.03. The first-order chi connectivity index (χ1) is 11.3. The monoisotopic (exact) mass is 308 g/mol. The molecular weight excluding hydrogens is 292 g/mol. The van der Waals surface area contributed by atoms with Crippen LogP contribution in [0.25, 0.3) is 0 Å². The molecule has 0 N–H and O–H groups in total. The number of piperidine rings is 1. The molecule has 1 aliphatic rings. The van der Waals surface area contributed by atoms with E-state index in [0.29, 0.717) is 43.1 Å². The molecule has 0 atom stereocenters. The van der Waals surface area contributed by atoms with E-state index in [9.17, 15) is 4.79 Å². The van der Waals surface area contributed by atoms with Gasteiger partial charge in [-0.05, 0) is 24.3 Å². The fourth-order valence-electron chi connectivity index (χ4n) is 2.56. The summed E-state index contributed by atoms with van der Waals surface area (Å²) in [5.41, 5.74) is 0.892. The number of nitriles is 1. The van der Waals surface area contributed by atoms with Crippen LogP contribution in [0.15, 0.2) is 42.7 Å². The molecule has 0 radical (unpaired) electrons. The molecule has 1 fully saturated rings. The second kappa shape index (κ2) is 6.88. The largest absolute Gasteiger partial charge is 0.473 e. The second-order valence-corrected chi connectivity index (χ2v) is 5.29. The minimum atomic E-state index is -0.0559. The topological polar surface area (TPSA) is 79.1 Å².